The molecule has 0 aliphatic carbocycles. The smallest absolute Gasteiger partial charge is 0.306 e. The summed E-state index contributed by atoms with van der Waals surface area (Å²) in [6.45, 7) is 7.78. The molecule has 1 atom stereocenters. The Morgan fingerprint density at radius 3 is 2.84 bits per heavy atom. The first-order chi connectivity index (χ1) is 11.8. The van der Waals surface area contributed by atoms with E-state index in [0.717, 1.165) is 11.3 Å². The van der Waals surface area contributed by atoms with E-state index in [4.69, 9.17) is 21.4 Å². The van der Waals surface area contributed by atoms with E-state index in [1.54, 1.807) is 15.7 Å². The zero-order chi connectivity index (χ0) is 18.6. The molecule has 2 heterocycles. The van der Waals surface area contributed by atoms with Gasteiger partial charge in [0.05, 0.1) is 24.8 Å². The van der Waals surface area contributed by atoms with E-state index in [-0.39, 0.29) is 18.9 Å². The topological polar surface area (TPSA) is 84.7 Å². The van der Waals surface area contributed by atoms with Crippen LogP contribution in [0.1, 0.15) is 31.5 Å². The van der Waals surface area contributed by atoms with Gasteiger partial charge in [0.15, 0.2) is 0 Å². The van der Waals surface area contributed by atoms with Crippen LogP contribution in [0.15, 0.2) is 6.08 Å². The van der Waals surface area contributed by atoms with Gasteiger partial charge in [-0.15, -0.1) is 0 Å². The lowest BCUT2D eigenvalue weighted by molar-refractivity contribution is -0.145. The molecule has 1 unspecified atom stereocenters. The van der Waals surface area contributed by atoms with Gasteiger partial charge in [-0.2, -0.15) is 5.10 Å². The number of hydrogen-bond donors (Lipinski definition) is 1. The second-order valence-electron chi connectivity index (χ2n) is 6.57. The lowest BCUT2D eigenvalue weighted by Crippen LogP contribution is -2.45. The maximum Gasteiger partial charge on any atom is 0.306 e. The fraction of sp³-hybridized carbons (Fsp3) is 0.588. The molecule has 2 rings (SSSR count). The second-order valence-corrected chi connectivity index (χ2v) is 6.93. The van der Waals surface area contributed by atoms with Gasteiger partial charge in [-0.25, -0.2) is 0 Å². The summed E-state index contributed by atoms with van der Waals surface area (Å²) < 4.78 is 7.12. The molecule has 0 spiro atoms. The third kappa shape index (κ3) is 5.31. The van der Waals surface area contributed by atoms with E-state index >= 15 is 0 Å². The number of morpholine rings is 1. The summed E-state index contributed by atoms with van der Waals surface area (Å²) in [6, 6.07) is 0. The van der Waals surface area contributed by atoms with Crippen LogP contribution in [-0.4, -0.2) is 57.5 Å². The fourth-order valence-corrected chi connectivity index (χ4v) is 3.03. The highest BCUT2D eigenvalue weighted by Gasteiger charge is 2.25. The number of carboxylic acids is 1. The maximum atomic E-state index is 12.4. The van der Waals surface area contributed by atoms with E-state index in [0.29, 0.717) is 30.8 Å². The summed E-state index contributed by atoms with van der Waals surface area (Å²) in [5, 5.41) is 13.8. The van der Waals surface area contributed by atoms with Gasteiger partial charge < -0.3 is 14.7 Å². The molecule has 1 aromatic rings. The molecule has 7 nitrogen and oxygen atoms in total. The number of aromatic nitrogens is 2. The van der Waals surface area contributed by atoms with Crippen LogP contribution >= 0.6 is 11.6 Å². The van der Waals surface area contributed by atoms with Gasteiger partial charge >= 0.3 is 5.97 Å². The van der Waals surface area contributed by atoms with Crippen molar-refractivity contribution < 1.29 is 19.4 Å². The Bertz CT molecular complexity index is 669. The van der Waals surface area contributed by atoms with Crippen molar-refractivity contribution >= 4 is 29.6 Å². The first-order valence-corrected chi connectivity index (χ1v) is 8.69. The highest BCUT2D eigenvalue weighted by Crippen LogP contribution is 2.22. The molecular formula is C17H24ClN3O4. The summed E-state index contributed by atoms with van der Waals surface area (Å²) in [4.78, 5) is 24.8. The number of nitrogens with zero attached hydrogens (tertiary/aromatic N) is 3. The number of ether oxygens (including phenoxy) is 1. The van der Waals surface area contributed by atoms with Gasteiger partial charge in [-0.1, -0.05) is 25.4 Å². The summed E-state index contributed by atoms with van der Waals surface area (Å²) in [7, 11) is 0. The van der Waals surface area contributed by atoms with Crippen molar-refractivity contribution in [3.63, 3.8) is 0 Å². The van der Waals surface area contributed by atoms with Crippen molar-refractivity contribution in [3.8, 4) is 0 Å². The monoisotopic (exact) mass is 369 g/mol. The fourth-order valence-electron chi connectivity index (χ4n) is 2.72. The Kier molecular flexibility index (Phi) is 6.61. The zero-order valence-electron chi connectivity index (χ0n) is 14.7. The number of amides is 1. The van der Waals surface area contributed by atoms with Crippen LogP contribution in [0.25, 0.3) is 6.08 Å². The lowest BCUT2D eigenvalue weighted by atomic mass is 10.2. The van der Waals surface area contributed by atoms with E-state index < -0.39 is 12.1 Å². The van der Waals surface area contributed by atoms with Crippen molar-refractivity contribution in [2.75, 3.05) is 19.7 Å². The van der Waals surface area contributed by atoms with Crippen LogP contribution in [-0.2, 0) is 20.9 Å². The molecule has 1 aromatic heterocycles. The minimum Gasteiger partial charge on any atom is -0.481 e. The van der Waals surface area contributed by atoms with Gasteiger partial charge in [-0.3, -0.25) is 14.3 Å². The minimum atomic E-state index is -0.935. The molecule has 1 fully saturated rings. The number of aliphatic carboxylic acids is 1. The third-order valence-corrected chi connectivity index (χ3v) is 4.29. The van der Waals surface area contributed by atoms with Crippen molar-refractivity contribution in [1.82, 2.24) is 14.7 Å². The molecule has 0 saturated carbocycles. The Morgan fingerprint density at radius 2 is 2.20 bits per heavy atom. The predicted octanol–water partition coefficient (Wildman–Crippen LogP) is 2.22. The van der Waals surface area contributed by atoms with Crippen molar-refractivity contribution in [2.24, 2.45) is 5.92 Å². The van der Waals surface area contributed by atoms with Crippen LogP contribution in [0.2, 0.25) is 5.15 Å². The maximum absolute atomic E-state index is 12.4. The van der Waals surface area contributed by atoms with Gasteiger partial charge in [0, 0.05) is 31.3 Å². The van der Waals surface area contributed by atoms with Gasteiger partial charge in [0.2, 0.25) is 5.91 Å². The van der Waals surface area contributed by atoms with E-state index in [1.165, 1.54) is 6.08 Å². The summed E-state index contributed by atoms with van der Waals surface area (Å²) in [5.74, 6) is -0.713. The standard InChI is InChI=1S/C17H24ClN3O4/c1-11(2)9-21-17(18)14(12(3)19-21)4-5-15(22)20-6-7-25-13(10-20)8-16(23)24/h4-5,11,13H,6-10H2,1-3H3,(H,23,24)/b5-4+. The Balaban J connectivity index is 2.05. The average Bonchev–Trinajstić information content (AvgIpc) is 2.78. The second kappa shape index (κ2) is 8.49. The number of carbonyl (C=O) groups excluding carboxylic acids is 1. The Labute approximate surface area is 152 Å². The molecule has 8 heteroatoms. The highest BCUT2D eigenvalue weighted by atomic mass is 35.5. The highest BCUT2D eigenvalue weighted by molar-refractivity contribution is 6.31. The van der Waals surface area contributed by atoms with Gasteiger partial charge in [0.25, 0.3) is 0 Å². The molecular weight excluding hydrogens is 346 g/mol. The summed E-state index contributed by atoms with van der Waals surface area (Å²) >= 11 is 6.36. The SMILES string of the molecule is Cc1nn(CC(C)C)c(Cl)c1/C=C/C(=O)N1CCOC(CC(=O)O)C1. The minimum absolute atomic E-state index is 0.111. The van der Waals surface area contributed by atoms with Crippen LogP contribution in [0.3, 0.4) is 0 Å². The Morgan fingerprint density at radius 1 is 1.48 bits per heavy atom. The van der Waals surface area contributed by atoms with E-state index in [9.17, 15) is 9.59 Å². The third-order valence-electron chi connectivity index (χ3n) is 3.89. The summed E-state index contributed by atoms with van der Waals surface area (Å²) in [5.41, 5.74) is 1.49. The number of hydrogen-bond acceptors (Lipinski definition) is 4. The lowest BCUT2D eigenvalue weighted by Gasteiger charge is -2.31. The van der Waals surface area contributed by atoms with Gasteiger partial charge in [0.1, 0.15) is 5.15 Å². The average molecular weight is 370 g/mol. The molecule has 1 N–H and O–H groups in total. The van der Waals surface area contributed by atoms with Crippen molar-refractivity contribution in [2.45, 2.75) is 39.8 Å². The zero-order valence-corrected chi connectivity index (χ0v) is 15.5. The molecule has 1 amide bonds. The normalized spacial score (nSPS) is 18.3. The van der Waals surface area contributed by atoms with Crippen LogP contribution in [0, 0.1) is 12.8 Å². The first-order valence-electron chi connectivity index (χ1n) is 8.31. The molecule has 25 heavy (non-hydrogen) atoms. The number of rotatable bonds is 6. The van der Waals surface area contributed by atoms with Gasteiger partial charge in [-0.05, 0) is 18.9 Å². The number of aryl methyl sites for hydroxylation is 1. The molecule has 0 bridgehead atoms. The molecule has 0 radical (unpaired) electrons. The van der Waals surface area contributed by atoms with Crippen LogP contribution < -0.4 is 0 Å². The molecule has 0 aromatic carbocycles. The Hall–Kier alpha value is -1.86. The number of halogens is 1. The molecule has 1 aliphatic rings. The molecule has 1 saturated heterocycles. The molecule has 138 valence electrons. The summed E-state index contributed by atoms with van der Waals surface area (Å²) in [6.07, 6.45) is 2.55. The first kappa shape index (κ1) is 19.5. The predicted molar refractivity (Wildman–Crippen MR) is 94.4 cm³/mol. The van der Waals surface area contributed by atoms with E-state index in [1.807, 2.05) is 6.92 Å². The molecule has 1 aliphatic heterocycles. The largest absolute Gasteiger partial charge is 0.481 e. The quantitative estimate of drug-likeness (QED) is 0.777. The van der Waals surface area contributed by atoms with Crippen LogP contribution in [0.4, 0.5) is 0 Å². The number of carboxylic acid groups (broad SMARTS) is 1. The number of carbonyl (C=O) groups is 2. The van der Waals surface area contributed by atoms with E-state index in [2.05, 4.69) is 18.9 Å². The van der Waals surface area contributed by atoms with Crippen molar-refractivity contribution in [1.29, 1.82) is 0 Å². The van der Waals surface area contributed by atoms with Crippen molar-refractivity contribution in [3.05, 3.63) is 22.5 Å². The van der Waals surface area contributed by atoms with Crippen LogP contribution in [0.5, 0.6) is 0 Å².